The number of carbonyl (C=O) groups is 3. The fourth-order valence-electron chi connectivity index (χ4n) is 2.82. The van der Waals surface area contributed by atoms with Gasteiger partial charge in [-0.15, -0.1) is 0 Å². The largest absolute Gasteiger partial charge is 0.478 e. The van der Waals surface area contributed by atoms with Crippen LogP contribution in [-0.2, 0) is 13.1 Å². The molecule has 7 nitrogen and oxygen atoms in total. The molecule has 1 saturated carbocycles. The number of carbonyl (C=O) groups excluding carboxylic acids is 2. The first kappa shape index (κ1) is 18.4. The molecule has 0 radical (unpaired) electrons. The summed E-state index contributed by atoms with van der Waals surface area (Å²) in [5.74, 6) is -1.48. The number of nitrogens with one attached hydrogen (secondary N) is 1. The highest BCUT2D eigenvalue weighted by molar-refractivity contribution is 5.92. The highest BCUT2D eigenvalue weighted by atomic mass is 16.4. The maximum absolute atomic E-state index is 12.6. The van der Waals surface area contributed by atoms with Gasteiger partial charge in [0.25, 0.3) is 0 Å². The molecule has 0 atom stereocenters. The topological polar surface area (TPSA) is 113 Å². The lowest BCUT2D eigenvalue weighted by molar-refractivity contribution is 0.0696. The molecule has 2 aromatic rings. The maximum atomic E-state index is 12.6. The molecule has 1 aliphatic rings. The molecule has 0 spiro atoms. The van der Waals surface area contributed by atoms with E-state index in [9.17, 15) is 14.4 Å². The van der Waals surface area contributed by atoms with E-state index in [1.165, 1.54) is 12.1 Å². The Kier molecular flexibility index (Phi) is 5.40. The summed E-state index contributed by atoms with van der Waals surface area (Å²) in [5.41, 5.74) is 7.61. The SMILES string of the molecule is NC(=O)c1cccc(CN(C(=O)NCc2ccc(C(=O)O)cc2)C2CC2)c1. The monoisotopic (exact) mass is 367 g/mol. The molecule has 3 rings (SSSR count). The van der Waals surface area contributed by atoms with Crippen LogP contribution in [0.2, 0.25) is 0 Å². The van der Waals surface area contributed by atoms with E-state index in [0.29, 0.717) is 18.7 Å². The number of carboxylic acid groups (broad SMARTS) is 1. The van der Waals surface area contributed by atoms with Crippen LogP contribution in [0.4, 0.5) is 4.79 Å². The van der Waals surface area contributed by atoms with Crippen LogP contribution < -0.4 is 11.1 Å². The first-order valence-corrected chi connectivity index (χ1v) is 8.69. The molecule has 7 heteroatoms. The van der Waals surface area contributed by atoms with Crippen molar-refractivity contribution in [2.75, 3.05) is 0 Å². The fourth-order valence-corrected chi connectivity index (χ4v) is 2.82. The van der Waals surface area contributed by atoms with Crippen molar-refractivity contribution in [1.29, 1.82) is 0 Å². The van der Waals surface area contributed by atoms with Gasteiger partial charge in [-0.25, -0.2) is 9.59 Å². The molecule has 140 valence electrons. The van der Waals surface area contributed by atoms with E-state index in [1.807, 2.05) is 6.07 Å². The standard InChI is InChI=1S/C20H21N3O4/c21-18(24)16-3-1-2-14(10-16)12-23(17-8-9-17)20(27)22-11-13-4-6-15(7-5-13)19(25)26/h1-7,10,17H,8-9,11-12H2,(H2,21,24)(H,22,27)(H,25,26). The molecule has 0 unspecified atom stereocenters. The van der Waals surface area contributed by atoms with E-state index in [2.05, 4.69) is 5.32 Å². The number of nitrogens with two attached hydrogens (primary N) is 1. The van der Waals surface area contributed by atoms with Crippen molar-refractivity contribution in [2.45, 2.75) is 32.0 Å². The molecule has 0 saturated heterocycles. The first-order valence-electron chi connectivity index (χ1n) is 8.69. The molecule has 0 aromatic heterocycles. The Morgan fingerprint density at radius 3 is 2.33 bits per heavy atom. The second-order valence-corrected chi connectivity index (χ2v) is 6.58. The summed E-state index contributed by atoms with van der Waals surface area (Å²) in [4.78, 5) is 36.6. The van der Waals surface area contributed by atoms with Crippen LogP contribution in [0.15, 0.2) is 48.5 Å². The number of rotatable bonds is 7. The highest BCUT2D eigenvalue weighted by Gasteiger charge is 2.32. The lowest BCUT2D eigenvalue weighted by Crippen LogP contribution is -2.40. The van der Waals surface area contributed by atoms with Gasteiger partial charge in [0, 0.05) is 24.7 Å². The van der Waals surface area contributed by atoms with Crippen LogP contribution in [0.5, 0.6) is 0 Å². The molecular weight excluding hydrogens is 346 g/mol. The van der Waals surface area contributed by atoms with Crippen LogP contribution >= 0.6 is 0 Å². The number of urea groups is 1. The van der Waals surface area contributed by atoms with Crippen molar-refractivity contribution in [1.82, 2.24) is 10.2 Å². The zero-order valence-electron chi connectivity index (χ0n) is 14.7. The van der Waals surface area contributed by atoms with Crippen molar-refractivity contribution < 1.29 is 19.5 Å². The van der Waals surface area contributed by atoms with Crippen LogP contribution in [-0.4, -0.2) is 34.0 Å². The minimum atomic E-state index is -0.983. The summed E-state index contributed by atoms with van der Waals surface area (Å²) >= 11 is 0. The van der Waals surface area contributed by atoms with Gasteiger partial charge in [0.05, 0.1) is 5.56 Å². The van der Waals surface area contributed by atoms with Gasteiger partial charge in [-0.05, 0) is 48.2 Å². The quantitative estimate of drug-likeness (QED) is 0.697. The van der Waals surface area contributed by atoms with Crippen LogP contribution in [0.3, 0.4) is 0 Å². The third-order valence-electron chi connectivity index (χ3n) is 4.46. The minimum absolute atomic E-state index is 0.190. The summed E-state index contributed by atoms with van der Waals surface area (Å²) < 4.78 is 0. The highest BCUT2D eigenvalue weighted by Crippen LogP contribution is 2.28. The molecule has 4 N–H and O–H groups in total. The number of hydrogen-bond donors (Lipinski definition) is 3. The summed E-state index contributed by atoms with van der Waals surface area (Å²) in [6.07, 6.45) is 1.91. The number of aromatic carboxylic acids is 1. The van der Waals surface area contributed by atoms with Gasteiger partial charge in [0.2, 0.25) is 5.91 Å². The van der Waals surface area contributed by atoms with Crippen LogP contribution in [0, 0.1) is 0 Å². The number of nitrogens with zero attached hydrogens (tertiary/aromatic N) is 1. The minimum Gasteiger partial charge on any atom is -0.478 e. The van der Waals surface area contributed by atoms with E-state index in [-0.39, 0.29) is 17.6 Å². The van der Waals surface area contributed by atoms with E-state index < -0.39 is 11.9 Å². The Morgan fingerprint density at radius 2 is 1.74 bits per heavy atom. The summed E-state index contributed by atoms with van der Waals surface area (Å²) in [7, 11) is 0. The van der Waals surface area contributed by atoms with E-state index >= 15 is 0 Å². The van der Waals surface area contributed by atoms with Gasteiger partial charge in [-0.2, -0.15) is 0 Å². The Labute approximate surface area is 156 Å². The van der Waals surface area contributed by atoms with Crippen LogP contribution in [0.25, 0.3) is 0 Å². The lowest BCUT2D eigenvalue weighted by Gasteiger charge is -2.23. The number of benzene rings is 2. The molecule has 27 heavy (non-hydrogen) atoms. The molecule has 0 bridgehead atoms. The number of carboxylic acids is 1. The Bertz CT molecular complexity index is 860. The molecule has 1 fully saturated rings. The van der Waals surface area contributed by atoms with E-state index in [0.717, 1.165) is 24.0 Å². The maximum Gasteiger partial charge on any atom is 0.335 e. The van der Waals surface area contributed by atoms with Crippen molar-refractivity contribution in [3.63, 3.8) is 0 Å². The molecule has 0 heterocycles. The number of hydrogen-bond acceptors (Lipinski definition) is 3. The van der Waals surface area contributed by atoms with Gasteiger partial charge in [0.1, 0.15) is 0 Å². The zero-order valence-corrected chi connectivity index (χ0v) is 14.7. The fraction of sp³-hybridized carbons (Fsp3) is 0.250. The predicted octanol–water partition coefficient (Wildman–Crippen LogP) is 2.36. The van der Waals surface area contributed by atoms with Gasteiger partial charge < -0.3 is 21.1 Å². The van der Waals surface area contributed by atoms with Crippen molar-refractivity contribution in [3.8, 4) is 0 Å². The normalized spacial score (nSPS) is 13.0. The van der Waals surface area contributed by atoms with Crippen molar-refractivity contribution >= 4 is 17.9 Å². The third kappa shape index (κ3) is 4.84. The summed E-state index contributed by atoms with van der Waals surface area (Å²) in [6.45, 7) is 0.707. The van der Waals surface area contributed by atoms with Gasteiger partial charge in [0.15, 0.2) is 0 Å². The Morgan fingerprint density at radius 1 is 1.04 bits per heavy atom. The predicted molar refractivity (Wildman–Crippen MR) is 99.2 cm³/mol. The van der Waals surface area contributed by atoms with Crippen molar-refractivity contribution in [3.05, 3.63) is 70.8 Å². The summed E-state index contributed by atoms with van der Waals surface area (Å²) in [6, 6.07) is 13.4. The number of primary amides is 1. The summed E-state index contributed by atoms with van der Waals surface area (Å²) in [5, 5.41) is 11.8. The Hall–Kier alpha value is -3.35. The van der Waals surface area contributed by atoms with Gasteiger partial charge in [-0.1, -0.05) is 24.3 Å². The van der Waals surface area contributed by atoms with Crippen molar-refractivity contribution in [2.24, 2.45) is 5.73 Å². The second-order valence-electron chi connectivity index (χ2n) is 6.58. The zero-order chi connectivity index (χ0) is 19.4. The van der Waals surface area contributed by atoms with E-state index in [4.69, 9.17) is 10.8 Å². The third-order valence-corrected chi connectivity index (χ3v) is 4.46. The first-order chi connectivity index (χ1) is 12.9. The average Bonchev–Trinajstić information content (AvgIpc) is 3.49. The number of amides is 3. The average molecular weight is 367 g/mol. The van der Waals surface area contributed by atoms with Gasteiger partial charge in [-0.3, -0.25) is 4.79 Å². The van der Waals surface area contributed by atoms with Gasteiger partial charge >= 0.3 is 12.0 Å². The molecule has 0 aliphatic heterocycles. The molecular formula is C20H21N3O4. The lowest BCUT2D eigenvalue weighted by atomic mass is 10.1. The Balaban J connectivity index is 1.63. The van der Waals surface area contributed by atoms with E-state index in [1.54, 1.807) is 35.2 Å². The molecule has 3 amide bonds. The van der Waals surface area contributed by atoms with Crippen LogP contribution in [0.1, 0.15) is 44.7 Å². The second kappa shape index (κ2) is 7.90. The molecule has 1 aliphatic carbocycles. The molecule has 2 aromatic carbocycles. The smallest absolute Gasteiger partial charge is 0.335 e.